The summed E-state index contributed by atoms with van der Waals surface area (Å²) in [5.74, 6) is 0. The normalized spacial score (nSPS) is 25.5. The molecule has 2 atom stereocenters. The molecule has 2 rings (SSSR count). The Labute approximate surface area is 143 Å². The molecule has 1 aliphatic rings. The van der Waals surface area contributed by atoms with Crippen molar-refractivity contribution in [1.29, 1.82) is 0 Å². The van der Waals surface area contributed by atoms with Crippen molar-refractivity contribution in [2.75, 3.05) is 0 Å². The molecule has 0 fully saturated rings. The van der Waals surface area contributed by atoms with E-state index < -0.39 is 36.1 Å². The zero-order valence-electron chi connectivity index (χ0n) is 10.8. The van der Waals surface area contributed by atoms with Gasteiger partial charge in [0.2, 0.25) is 0 Å². The van der Waals surface area contributed by atoms with Crippen LogP contribution in [0.1, 0.15) is 11.1 Å². The van der Waals surface area contributed by atoms with E-state index in [1.54, 1.807) is 0 Å². The Morgan fingerprint density at radius 3 is 2.10 bits per heavy atom. The second kappa shape index (κ2) is 5.72. The molecule has 1 aromatic carbocycles. The van der Waals surface area contributed by atoms with Crippen LogP contribution in [0.5, 0.6) is 0 Å². The van der Waals surface area contributed by atoms with Gasteiger partial charge in [-0.25, -0.2) is 0 Å². The Balaban J connectivity index is 0.00000220. The van der Waals surface area contributed by atoms with E-state index in [9.17, 15) is 21.9 Å². The maximum absolute atomic E-state index is 11.3. The third-order valence-electron chi connectivity index (χ3n) is 2.96. The van der Waals surface area contributed by atoms with Crippen LogP contribution in [0.25, 0.3) is 4.91 Å². The first-order valence-corrected chi connectivity index (χ1v) is 8.17. The summed E-state index contributed by atoms with van der Waals surface area (Å²) < 4.78 is 63.4. The molecule has 2 unspecified atom stereocenters. The molecule has 11 heteroatoms. The predicted molar refractivity (Wildman–Crippen MR) is 75.1 cm³/mol. The molecule has 0 aliphatic heterocycles. The van der Waals surface area contributed by atoms with Crippen molar-refractivity contribution in [3.63, 3.8) is 0 Å². The Kier molecular flexibility index (Phi) is 5.11. The van der Waals surface area contributed by atoms with Crippen LogP contribution in [0, 0.1) is 0 Å². The van der Waals surface area contributed by atoms with E-state index in [2.05, 4.69) is 0 Å². The van der Waals surface area contributed by atoms with E-state index in [1.807, 2.05) is 0 Å². The largest absolute Gasteiger partial charge is 0.370 e. The maximum Gasteiger partial charge on any atom is 0.294 e. The predicted octanol–water partition coefficient (Wildman–Crippen LogP) is -1.09. The minimum Gasteiger partial charge on any atom is -0.370 e. The fraction of sp³-hybridized carbons (Fsp3) is 0.200. The van der Waals surface area contributed by atoms with Crippen molar-refractivity contribution in [1.82, 2.24) is 0 Å². The van der Waals surface area contributed by atoms with Gasteiger partial charge in [-0.2, -0.15) is 16.8 Å². The maximum atomic E-state index is 11.3. The molecule has 1 radical (unpaired) electrons. The summed E-state index contributed by atoms with van der Waals surface area (Å²) in [4.78, 5) is -0.745. The summed E-state index contributed by atoms with van der Waals surface area (Å²) in [5.41, 5.74) is 2.61. The molecule has 21 heavy (non-hydrogen) atoms. The van der Waals surface area contributed by atoms with E-state index in [4.69, 9.17) is 14.8 Å². The number of nitrogens with two attached hydrogens (primary N) is 1. The van der Waals surface area contributed by atoms with Gasteiger partial charge in [0, 0.05) is 40.7 Å². The fourth-order valence-corrected chi connectivity index (χ4v) is 3.83. The molecule has 111 valence electrons. The summed E-state index contributed by atoms with van der Waals surface area (Å²) in [7, 11) is -9.66. The standard InChI is InChI=1S/C10H11NO7S2.Na/c11-10(12)7-4-2-1-3-6(7)8(19(13,14)15)5-9(10)20(16,17)18;/h1-5,9,12H,11H2,(H,13,14,15)(H,16,17,18);. The van der Waals surface area contributed by atoms with Crippen LogP contribution in [-0.2, 0) is 26.0 Å². The molecular formula is C10H11NNaO7S2. The summed E-state index contributed by atoms with van der Waals surface area (Å²) in [6, 6.07) is 5.25. The van der Waals surface area contributed by atoms with Gasteiger partial charge in [-0.05, 0) is 6.08 Å². The number of fused-ring (bicyclic) bond motifs is 1. The summed E-state index contributed by atoms with van der Waals surface area (Å²) >= 11 is 0. The fourth-order valence-electron chi connectivity index (χ4n) is 2.09. The first kappa shape index (κ1) is 18.7. The molecule has 0 saturated carbocycles. The van der Waals surface area contributed by atoms with E-state index >= 15 is 0 Å². The quantitative estimate of drug-likeness (QED) is 0.300. The molecule has 5 N–H and O–H groups in total. The third kappa shape index (κ3) is 3.38. The average molecular weight is 344 g/mol. The zero-order valence-corrected chi connectivity index (χ0v) is 14.5. The number of aliphatic hydroxyl groups is 1. The van der Waals surface area contributed by atoms with Gasteiger partial charge in [-0.1, -0.05) is 24.3 Å². The number of hydrogen-bond donors (Lipinski definition) is 4. The summed E-state index contributed by atoms with van der Waals surface area (Å²) in [6.07, 6.45) is 0.507. The third-order valence-corrected chi connectivity index (χ3v) is 5.01. The minimum absolute atomic E-state index is 0. The molecule has 8 nitrogen and oxygen atoms in total. The van der Waals surface area contributed by atoms with Crippen LogP contribution < -0.4 is 5.73 Å². The van der Waals surface area contributed by atoms with Crippen molar-refractivity contribution in [2.24, 2.45) is 5.73 Å². The monoisotopic (exact) mass is 344 g/mol. The first-order chi connectivity index (χ1) is 8.95. The van der Waals surface area contributed by atoms with Crippen LogP contribution >= 0.6 is 0 Å². The van der Waals surface area contributed by atoms with Crippen molar-refractivity contribution in [3.05, 3.63) is 41.5 Å². The van der Waals surface area contributed by atoms with E-state index in [0.29, 0.717) is 6.08 Å². The molecule has 0 heterocycles. The van der Waals surface area contributed by atoms with Gasteiger partial charge < -0.3 is 5.11 Å². The van der Waals surface area contributed by atoms with Gasteiger partial charge in [0.25, 0.3) is 20.2 Å². The van der Waals surface area contributed by atoms with Crippen LogP contribution in [0.2, 0.25) is 0 Å². The van der Waals surface area contributed by atoms with Crippen LogP contribution in [-0.4, -0.2) is 65.9 Å². The van der Waals surface area contributed by atoms with Gasteiger partial charge in [-0.15, -0.1) is 0 Å². The van der Waals surface area contributed by atoms with Crippen molar-refractivity contribution >= 4 is 54.7 Å². The zero-order chi connectivity index (χ0) is 15.3. The molecule has 0 spiro atoms. The van der Waals surface area contributed by atoms with Crippen molar-refractivity contribution < 1.29 is 31.0 Å². The Bertz CT molecular complexity index is 798. The minimum atomic E-state index is -4.90. The van der Waals surface area contributed by atoms with Crippen LogP contribution in [0.15, 0.2) is 30.3 Å². The molecule has 0 amide bonds. The Morgan fingerprint density at radius 2 is 1.62 bits per heavy atom. The number of rotatable bonds is 2. The van der Waals surface area contributed by atoms with Crippen LogP contribution in [0.3, 0.4) is 0 Å². The average Bonchev–Trinajstić information content (AvgIpc) is 2.25. The van der Waals surface area contributed by atoms with E-state index in [-0.39, 0.29) is 40.7 Å². The van der Waals surface area contributed by atoms with Gasteiger partial charge in [0.1, 0.15) is 0 Å². The molecule has 1 aromatic rings. The smallest absolute Gasteiger partial charge is 0.294 e. The van der Waals surface area contributed by atoms with Crippen molar-refractivity contribution in [2.45, 2.75) is 11.0 Å². The molecule has 0 saturated heterocycles. The molecule has 0 bridgehead atoms. The van der Waals surface area contributed by atoms with Gasteiger partial charge in [0.05, 0.1) is 4.91 Å². The molecule has 1 aliphatic carbocycles. The Hall–Kier alpha value is -0.300. The topological polar surface area (TPSA) is 155 Å². The van der Waals surface area contributed by atoms with E-state index in [1.165, 1.54) is 24.3 Å². The second-order valence-corrected chi connectivity index (χ2v) is 7.24. The van der Waals surface area contributed by atoms with Gasteiger partial charge in [0.15, 0.2) is 11.0 Å². The van der Waals surface area contributed by atoms with Crippen molar-refractivity contribution in [3.8, 4) is 0 Å². The molecular weight excluding hydrogens is 333 g/mol. The number of benzene rings is 1. The number of hydrogen-bond acceptors (Lipinski definition) is 6. The Morgan fingerprint density at radius 1 is 1.10 bits per heavy atom. The molecule has 0 aromatic heterocycles. The SMILES string of the molecule is NC1(O)c2ccccc2C(S(=O)(=O)O)=CC1S(=O)(=O)O.[Na]. The van der Waals surface area contributed by atoms with Gasteiger partial charge >= 0.3 is 0 Å². The van der Waals surface area contributed by atoms with Crippen LogP contribution in [0.4, 0.5) is 0 Å². The van der Waals surface area contributed by atoms with Gasteiger partial charge in [-0.3, -0.25) is 14.8 Å². The van der Waals surface area contributed by atoms with E-state index in [0.717, 1.165) is 0 Å². The first-order valence-electron chi connectivity index (χ1n) is 5.22. The second-order valence-electron chi connectivity index (χ2n) is 4.31. The summed E-state index contributed by atoms with van der Waals surface area (Å²) in [6.45, 7) is 0. The summed E-state index contributed by atoms with van der Waals surface area (Å²) in [5, 5.41) is 8.00.